The van der Waals surface area contributed by atoms with Gasteiger partial charge in [0.15, 0.2) is 5.16 Å². The van der Waals surface area contributed by atoms with E-state index >= 15 is 0 Å². The number of aryl methyl sites for hydroxylation is 2. The lowest BCUT2D eigenvalue weighted by atomic mass is 10.1. The van der Waals surface area contributed by atoms with Crippen molar-refractivity contribution in [2.24, 2.45) is 7.05 Å². The van der Waals surface area contributed by atoms with E-state index in [4.69, 9.17) is 0 Å². The molecule has 0 radical (unpaired) electrons. The summed E-state index contributed by atoms with van der Waals surface area (Å²) in [5, 5.41) is 5.97. The van der Waals surface area contributed by atoms with Crippen molar-refractivity contribution < 1.29 is 9.59 Å². The van der Waals surface area contributed by atoms with Gasteiger partial charge in [-0.3, -0.25) is 19.0 Å². The molecule has 0 spiro atoms. The number of anilines is 1. The first kappa shape index (κ1) is 23.3. The highest BCUT2D eigenvalue weighted by Crippen LogP contribution is 2.16. The summed E-state index contributed by atoms with van der Waals surface area (Å²) in [6.45, 7) is 4.48. The van der Waals surface area contributed by atoms with Crippen molar-refractivity contribution in [2.45, 2.75) is 25.4 Å². The number of nitrogens with zero attached hydrogens (tertiary/aromatic N) is 2. The number of hydrogen-bond donors (Lipinski definition) is 2. The fourth-order valence-corrected chi connectivity index (χ4v) is 3.77. The predicted octanol–water partition coefficient (Wildman–Crippen LogP) is 3.10. The van der Waals surface area contributed by atoms with Gasteiger partial charge in [-0.1, -0.05) is 48.2 Å². The van der Waals surface area contributed by atoms with Crippen molar-refractivity contribution in [3.05, 3.63) is 87.3 Å². The smallest absolute Gasteiger partial charge is 0.266 e. The van der Waals surface area contributed by atoms with Crippen molar-refractivity contribution in [2.75, 3.05) is 17.6 Å². The van der Waals surface area contributed by atoms with E-state index in [-0.39, 0.29) is 17.2 Å². The number of benzene rings is 2. The van der Waals surface area contributed by atoms with Crippen LogP contribution in [0, 0.1) is 13.8 Å². The number of rotatable bonds is 8. The summed E-state index contributed by atoms with van der Waals surface area (Å²) in [4.78, 5) is 41.6. The van der Waals surface area contributed by atoms with Gasteiger partial charge in [0, 0.05) is 25.5 Å². The fraction of sp³-hybridized carbons (Fsp3) is 0.250. The quantitative estimate of drug-likeness (QED) is 0.406. The summed E-state index contributed by atoms with van der Waals surface area (Å²) in [6.07, 6.45) is 2.01. The molecule has 0 saturated carbocycles. The van der Waals surface area contributed by atoms with Gasteiger partial charge in [-0.15, -0.1) is 0 Å². The highest BCUT2D eigenvalue weighted by atomic mass is 32.2. The molecular formula is C24H26N4O3S. The van der Waals surface area contributed by atoms with E-state index < -0.39 is 11.5 Å². The van der Waals surface area contributed by atoms with Crippen LogP contribution in [-0.4, -0.2) is 33.7 Å². The minimum absolute atomic E-state index is 0.0533. The molecule has 0 aliphatic rings. The summed E-state index contributed by atoms with van der Waals surface area (Å²) < 4.78 is 1.29. The SMILES string of the molecule is Cc1ccc(NC(=O)c2cnc(SCC(=O)NCCc3ccccc3)n(C)c2=O)cc1C. The van der Waals surface area contributed by atoms with E-state index in [1.807, 2.05) is 56.3 Å². The normalized spacial score (nSPS) is 10.6. The van der Waals surface area contributed by atoms with Crippen LogP contribution in [0.25, 0.3) is 0 Å². The van der Waals surface area contributed by atoms with Crippen molar-refractivity contribution in [3.63, 3.8) is 0 Å². The minimum Gasteiger partial charge on any atom is -0.355 e. The summed E-state index contributed by atoms with van der Waals surface area (Å²) in [7, 11) is 1.54. The number of nitrogens with one attached hydrogen (secondary N) is 2. The van der Waals surface area contributed by atoms with Crippen LogP contribution in [0.5, 0.6) is 0 Å². The molecule has 2 aromatic carbocycles. The fourth-order valence-electron chi connectivity index (χ4n) is 3.01. The molecule has 0 aliphatic carbocycles. The van der Waals surface area contributed by atoms with Crippen LogP contribution in [0.15, 0.2) is 64.7 Å². The molecule has 0 fully saturated rings. The lowest BCUT2D eigenvalue weighted by Crippen LogP contribution is -2.30. The second-order valence-corrected chi connectivity index (χ2v) is 8.39. The first-order valence-electron chi connectivity index (χ1n) is 10.2. The largest absolute Gasteiger partial charge is 0.355 e. The third-order valence-corrected chi connectivity index (χ3v) is 6.09. The molecule has 3 aromatic rings. The summed E-state index contributed by atoms with van der Waals surface area (Å²) in [6, 6.07) is 15.5. The Morgan fingerprint density at radius 3 is 2.53 bits per heavy atom. The molecule has 32 heavy (non-hydrogen) atoms. The van der Waals surface area contributed by atoms with Gasteiger partial charge in [0.05, 0.1) is 5.75 Å². The molecular weight excluding hydrogens is 424 g/mol. The minimum atomic E-state index is -0.517. The van der Waals surface area contributed by atoms with Gasteiger partial charge >= 0.3 is 0 Å². The molecule has 2 amide bonds. The van der Waals surface area contributed by atoms with Crippen LogP contribution in [0.3, 0.4) is 0 Å². The number of carbonyl (C=O) groups excluding carboxylic acids is 2. The Bertz CT molecular complexity index is 1180. The maximum Gasteiger partial charge on any atom is 0.266 e. The Hall–Kier alpha value is -3.39. The molecule has 166 valence electrons. The van der Waals surface area contributed by atoms with E-state index in [1.165, 1.54) is 17.8 Å². The number of aromatic nitrogens is 2. The van der Waals surface area contributed by atoms with Gasteiger partial charge in [0.1, 0.15) is 5.56 Å². The Morgan fingerprint density at radius 2 is 1.81 bits per heavy atom. The van der Waals surface area contributed by atoms with E-state index in [1.54, 1.807) is 6.07 Å². The van der Waals surface area contributed by atoms with Gasteiger partial charge in [-0.05, 0) is 49.1 Å². The highest BCUT2D eigenvalue weighted by Gasteiger charge is 2.16. The Labute approximate surface area is 191 Å². The topological polar surface area (TPSA) is 93.1 Å². The highest BCUT2D eigenvalue weighted by molar-refractivity contribution is 7.99. The second kappa shape index (κ2) is 10.8. The van der Waals surface area contributed by atoms with Crippen LogP contribution >= 0.6 is 11.8 Å². The molecule has 8 heteroatoms. The van der Waals surface area contributed by atoms with Gasteiger partial charge in [-0.25, -0.2) is 4.98 Å². The molecule has 0 atom stereocenters. The summed E-state index contributed by atoms with van der Waals surface area (Å²) in [5.41, 5.74) is 3.41. The molecule has 1 heterocycles. The molecule has 0 unspecified atom stereocenters. The number of amides is 2. The molecule has 1 aromatic heterocycles. The summed E-state index contributed by atoms with van der Waals surface area (Å²) >= 11 is 1.15. The van der Waals surface area contributed by atoms with Crippen molar-refractivity contribution in [1.82, 2.24) is 14.9 Å². The van der Waals surface area contributed by atoms with E-state index in [0.717, 1.165) is 34.9 Å². The Balaban J connectivity index is 1.56. The third-order valence-electron chi connectivity index (χ3n) is 5.05. The van der Waals surface area contributed by atoms with Crippen LogP contribution in [-0.2, 0) is 18.3 Å². The van der Waals surface area contributed by atoms with Gasteiger partial charge in [0.25, 0.3) is 11.5 Å². The zero-order chi connectivity index (χ0) is 23.1. The second-order valence-electron chi connectivity index (χ2n) is 7.45. The predicted molar refractivity (Wildman–Crippen MR) is 127 cm³/mol. The zero-order valence-corrected chi connectivity index (χ0v) is 19.2. The Kier molecular flexibility index (Phi) is 7.83. The molecule has 7 nitrogen and oxygen atoms in total. The lowest BCUT2D eigenvalue weighted by molar-refractivity contribution is -0.118. The summed E-state index contributed by atoms with van der Waals surface area (Å²) in [5.74, 6) is -0.531. The molecule has 2 N–H and O–H groups in total. The standard InChI is InChI=1S/C24H26N4O3S/c1-16-9-10-19(13-17(16)2)27-22(30)20-14-26-24(28(3)23(20)31)32-15-21(29)25-12-11-18-7-5-4-6-8-18/h4-10,13-14H,11-12,15H2,1-3H3,(H,25,29)(H,27,30). The van der Waals surface area contributed by atoms with Crippen LogP contribution in [0.1, 0.15) is 27.0 Å². The molecule has 3 rings (SSSR count). The van der Waals surface area contributed by atoms with Gasteiger partial charge in [-0.2, -0.15) is 0 Å². The third kappa shape index (κ3) is 6.07. The monoisotopic (exact) mass is 450 g/mol. The molecule has 0 bridgehead atoms. The average molecular weight is 451 g/mol. The van der Waals surface area contributed by atoms with Crippen molar-refractivity contribution >= 4 is 29.3 Å². The Morgan fingerprint density at radius 1 is 1.06 bits per heavy atom. The first-order valence-corrected chi connectivity index (χ1v) is 11.2. The van der Waals surface area contributed by atoms with Crippen LogP contribution < -0.4 is 16.2 Å². The van der Waals surface area contributed by atoms with Crippen molar-refractivity contribution in [3.8, 4) is 0 Å². The first-order chi connectivity index (χ1) is 15.3. The van der Waals surface area contributed by atoms with E-state index in [2.05, 4.69) is 15.6 Å². The van der Waals surface area contributed by atoms with Gasteiger partial charge < -0.3 is 10.6 Å². The maximum absolute atomic E-state index is 12.7. The average Bonchev–Trinajstić information content (AvgIpc) is 2.78. The van der Waals surface area contributed by atoms with Crippen LogP contribution in [0.2, 0.25) is 0 Å². The van der Waals surface area contributed by atoms with E-state index in [0.29, 0.717) is 17.4 Å². The number of hydrogen-bond acceptors (Lipinski definition) is 5. The van der Waals surface area contributed by atoms with Crippen molar-refractivity contribution in [1.29, 1.82) is 0 Å². The lowest BCUT2D eigenvalue weighted by Gasteiger charge is -2.10. The van der Waals surface area contributed by atoms with Gasteiger partial charge in [0.2, 0.25) is 5.91 Å². The van der Waals surface area contributed by atoms with E-state index in [9.17, 15) is 14.4 Å². The van der Waals surface area contributed by atoms with Crippen LogP contribution in [0.4, 0.5) is 5.69 Å². The maximum atomic E-state index is 12.7. The zero-order valence-electron chi connectivity index (χ0n) is 18.3. The molecule has 0 aliphatic heterocycles. The number of carbonyl (C=O) groups is 2. The number of thioether (sulfide) groups is 1. The molecule has 0 saturated heterocycles.